The Kier molecular flexibility index (Phi) is 4.34. The second-order valence-electron chi connectivity index (χ2n) is 6.95. The van der Waals surface area contributed by atoms with Crippen molar-refractivity contribution in [2.24, 2.45) is 5.41 Å². The van der Waals surface area contributed by atoms with E-state index in [9.17, 15) is 9.90 Å². The van der Waals surface area contributed by atoms with Crippen molar-refractivity contribution in [2.45, 2.75) is 43.5 Å². The highest BCUT2D eigenvalue weighted by atomic mass is 35.5. The molecule has 0 radical (unpaired) electrons. The summed E-state index contributed by atoms with van der Waals surface area (Å²) in [5.74, 6) is 0.0626. The molecule has 6 heteroatoms. The number of aliphatic hydroxyl groups is 1. The molecule has 20 heavy (non-hydrogen) atoms. The molecule has 1 aliphatic heterocycles. The van der Waals surface area contributed by atoms with Gasteiger partial charge in [-0.3, -0.25) is 9.69 Å². The van der Waals surface area contributed by atoms with Gasteiger partial charge in [0.05, 0.1) is 11.0 Å². The molecule has 0 unspecified atom stereocenters. The van der Waals surface area contributed by atoms with Crippen LogP contribution in [0.25, 0.3) is 0 Å². The third kappa shape index (κ3) is 3.41. The quantitative estimate of drug-likeness (QED) is 0.807. The summed E-state index contributed by atoms with van der Waals surface area (Å²) in [5.41, 5.74) is -1.33. The summed E-state index contributed by atoms with van der Waals surface area (Å²) in [4.78, 5) is 16.6. The fourth-order valence-corrected chi connectivity index (χ4v) is 3.56. The van der Waals surface area contributed by atoms with Crippen molar-refractivity contribution < 1.29 is 9.90 Å². The van der Waals surface area contributed by atoms with Gasteiger partial charge in [-0.2, -0.15) is 0 Å². The van der Waals surface area contributed by atoms with Gasteiger partial charge in [0.15, 0.2) is 0 Å². The van der Waals surface area contributed by atoms with Crippen molar-refractivity contribution in [3.63, 3.8) is 0 Å². The summed E-state index contributed by atoms with van der Waals surface area (Å²) in [7, 11) is 0. The molecular weight excluding hydrogens is 299 g/mol. The molecule has 0 aromatic heterocycles. The van der Waals surface area contributed by atoms with Crippen molar-refractivity contribution >= 4 is 29.1 Å². The van der Waals surface area contributed by atoms with E-state index in [1.807, 2.05) is 11.8 Å². The van der Waals surface area contributed by atoms with Gasteiger partial charge in [0.25, 0.3) is 0 Å². The molecule has 1 aliphatic carbocycles. The lowest BCUT2D eigenvalue weighted by Gasteiger charge is -2.28. The molecule has 4 nitrogen and oxygen atoms in total. The number of rotatable bonds is 3. The van der Waals surface area contributed by atoms with Gasteiger partial charge in [0.2, 0.25) is 5.91 Å². The Hall–Kier alpha value is -0.0300. The highest BCUT2D eigenvalue weighted by Gasteiger charge is 2.68. The minimum absolute atomic E-state index is 0.0626. The standard InChI is InChI=1S/C14H24Cl2N2O2/c1-12(2,20)10-17-5-4-6-18(8-7-17)11(19)13(3)9-14(13,15)16/h20H,4-10H2,1-3H3/t13-/m0/s1. The second-order valence-corrected chi connectivity index (χ2v) is 8.43. The zero-order valence-electron chi connectivity index (χ0n) is 12.5. The lowest BCUT2D eigenvalue weighted by Crippen LogP contribution is -2.43. The Balaban J connectivity index is 1.92. The van der Waals surface area contributed by atoms with Crippen LogP contribution in [-0.4, -0.2) is 63.5 Å². The number of carbonyl (C=O) groups excluding carboxylic acids is 1. The first-order valence-corrected chi connectivity index (χ1v) is 7.93. The first-order chi connectivity index (χ1) is 9.05. The maximum atomic E-state index is 12.5. The van der Waals surface area contributed by atoms with Crippen molar-refractivity contribution in [1.82, 2.24) is 9.80 Å². The Morgan fingerprint density at radius 3 is 2.35 bits per heavy atom. The summed E-state index contributed by atoms with van der Waals surface area (Å²) in [5, 5.41) is 9.89. The molecule has 0 aromatic rings. The number of nitrogens with zero attached hydrogens (tertiary/aromatic N) is 2. The number of carbonyl (C=O) groups is 1. The molecule has 116 valence electrons. The van der Waals surface area contributed by atoms with E-state index in [0.717, 1.165) is 26.1 Å². The van der Waals surface area contributed by atoms with E-state index in [0.29, 0.717) is 19.5 Å². The van der Waals surface area contributed by atoms with Gasteiger partial charge in [-0.1, -0.05) is 0 Å². The monoisotopic (exact) mass is 322 g/mol. The summed E-state index contributed by atoms with van der Waals surface area (Å²) in [6.07, 6.45) is 1.45. The zero-order valence-corrected chi connectivity index (χ0v) is 14.0. The van der Waals surface area contributed by atoms with Crippen LogP contribution in [0.4, 0.5) is 0 Å². The maximum absolute atomic E-state index is 12.5. The predicted molar refractivity (Wildman–Crippen MR) is 81.1 cm³/mol. The summed E-state index contributed by atoms with van der Waals surface area (Å²) >= 11 is 12.2. The van der Waals surface area contributed by atoms with Crippen molar-refractivity contribution in [3.05, 3.63) is 0 Å². The summed E-state index contributed by atoms with van der Waals surface area (Å²) in [6.45, 7) is 9.18. The SMILES string of the molecule is CC(C)(O)CN1CCCN(C(=O)[C@]2(C)CC2(Cl)Cl)CC1. The summed E-state index contributed by atoms with van der Waals surface area (Å²) < 4.78 is -0.900. The number of β-amino-alcohol motifs (C(OH)–C–C–N with tert-alkyl or cyclic N) is 1. The van der Waals surface area contributed by atoms with Crippen LogP contribution in [0, 0.1) is 5.41 Å². The first kappa shape index (κ1) is 16.3. The van der Waals surface area contributed by atoms with Gasteiger partial charge in [0.1, 0.15) is 4.33 Å². The normalized spacial score (nSPS) is 31.0. The molecule has 2 fully saturated rings. The van der Waals surface area contributed by atoms with E-state index < -0.39 is 15.3 Å². The number of hydrogen-bond acceptors (Lipinski definition) is 3. The van der Waals surface area contributed by atoms with Crippen LogP contribution < -0.4 is 0 Å². The number of hydrogen-bond donors (Lipinski definition) is 1. The van der Waals surface area contributed by atoms with E-state index in [1.54, 1.807) is 13.8 Å². The fourth-order valence-electron chi connectivity index (χ4n) is 2.86. The zero-order chi connectivity index (χ0) is 15.2. The fraction of sp³-hybridized carbons (Fsp3) is 0.929. The van der Waals surface area contributed by atoms with Crippen LogP contribution in [0.3, 0.4) is 0 Å². The number of alkyl halides is 2. The Bertz CT molecular complexity index is 395. The van der Waals surface area contributed by atoms with Crippen LogP contribution in [0.15, 0.2) is 0 Å². The molecule has 1 saturated heterocycles. The number of halogens is 2. The molecule has 0 aromatic carbocycles. The molecule has 0 bridgehead atoms. The molecule has 1 saturated carbocycles. The Labute approximate surface area is 131 Å². The Morgan fingerprint density at radius 2 is 1.85 bits per heavy atom. The highest BCUT2D eigenvalue weighted by Crippen LogP contribution is 2.64. The molecule has 1 amide bonds. The van der Waals surface area contributed by atoms with Gasteiger partial charge in [0, 0.05) is 32.7 Å². The lowest BCUT2D eigenvalue weighted by atomic mass is 10.1. The average Bonchev–Trinajstić information content (AvgIpc) is 2.88. The van der Waals surface area contributed by atoms with Gasteiger partial charge in [-0.05, 0) is 33.6 Å². The topological polar surface area (TPSA) is 43.8 Å². The molecular formula is C14H24Cl2N2O2. The van der Waals surface area contributed by atoms with Crippen LogP contribution >= 0.6 is 23.2 Å². The third-order valence-corrected chi connectivity index (χ3v) is 5.32. The van der Waals surface area contributed by atoms with E-state index in [1.165, 1.54) is 0 Å². The van der Waals surface area contributed by atoms with Crippen molar-refractivity contribution in [3.8, 4) is 0 Å². The van der Waals surface area contributed by atoms with E-state index in [-0.39, 0.29) is 5.91 Å². The second kappa shape index (κ2) is 5.31. The largest absolute Gasteiger partial charge is 0.389 e. The van der Waals surface area contributed by atoms with Crippen molar-refractivity contribution in [1.29, 1.82) is 0 Å². The molecule has 2 rings (SSSR count). The van der Waals surface area contributed by atoms with E-state index >= 15 is 0 Å². The first-order valence-electron chi connectivity index (χ1n) is 7.17. The molecule has 1 atom stereocenters. The van der Waals surface area contributed by atoms with Crippen LogP contribution in [0.2, 0.25) is 0 Å². The average molecular weight is 323 g/mol. The van der Waals surface area contributed by atoms with Gasteiger partial charge in [-0.15, -0.1) is 23.2 Å². The molecule has 2 aliphatic rings. The molecule has 1 N–H and O–H groups in total. The lowest BCUT2D eigenvalue weighted by molar-refractivity contribution is -0.136. The van der Waals surface area contributed by atoms with E-state index in [2.05, 4.69) is 4.90 Å². The highest BCUT2D eigenvalue weighted by molar-refractivity contribution is 6.53. The van der Waals surface area contributed by atoms with Crippen LogP contribution in [-0.2, 0) is 4.79 Å². The maximum Gasteiger partial charge on any atom is 0.231 e. The van der Waals surface area contributed by atoms with Crippen LogP contribution in [0.1, 0.15) is 33.6 Å². The Morgan fingerprint density at radius 1 is 1.25 bits per heavy atom. The minimum Gasteiger partial charge on any atom is -0.389 e. The van der Waals surface area contributed by atoms with Gasteiger partial charge >= 0.3 is 0 Å². The van der Waals surface area contributed by atoms with E-state index in [4.69, 9.17) is 23.2 Å². The minimum atomic E-state index is -0.900. The molecule has 0 spiro atoms. The third-order valence-electron chi connectivity index (χ3n) is 4.22. The molecule has 1 heterocycles. The van der Waals surface area contributed by atoms with Gasteiger partial charge < -0.3 is 10.0 Å². The van der Waals surface area contributed by atoms with Gasteiger partial charge in [-0.25, -0.2) is 0 Å². The smallest absolute Gasteiger partial charge is 0.231 e. The van der Waals surface area contributed by atoms with Crippen LogP contribution in [0.5, 0.6) is 0 Å². The van der Waals surface area contributed by atoms with Crippen molar-refractivity contribution in [2.75, 3.05) is 32.7 Å². The predicted octanol–water partition coefficient (Wildman–Crippen LogP) is 1.88. The number of amides is 1. The summed E-state index contributed by atoms with van der Waals surface area (Å²) in [6, 6.07) is 0.